The largest absolute Gasteiger partial charge is 0.310 e. The third kappa shape index (κ3) is 5.09. The number of allylic oxidation sites excluding steroid dienone is 1. The quantitative estimate of drug-likeness (QED) is 0.731. The molecule has 0 aliphatic rings. The van der Waals surface area contributed by atoms with Crippen LogP contribution in [0.5, 0.6) is 0 Å². The fourth-order valence-corrected chi connectivity index (χ4v) is 1.71. The summed E-state index contributed by atoms with van der Waals surface area (Å²) >= 11 is 0. The molecule has 94 valence electrons. The Kier molecular flexibility index (Phi) is 5.84. The Balaban J connectivity index is 2.70. The standard InChI is InChI=1S/C14H21FN2/c1-4-7-17-14(6-5-11(2)3)12-8-13(15)10-16-9-12/h8-10,14,17H,2,4-7H2,1,3H3. The lowest BCUT2D eigenvalue weighted by molar-refractivity contribution is 0.493. The minimum atomic E-state index is -0.277. The Morgan fingerprint density at radius 3 is 2.88 bits per heavy atom. The zero-order valence-electron chi connectivity index (χ0n) is 10.7. The predicted molar refractivity (Wildman–Crippen MR) is 69.3 cm³/mol. The molecular formula is C14H21FN2. The van der Waals surface area contributed by atoms with Crippen LogP contribution in [0.3, 0.4) is 0 Å². The second-order valence-corrected chi connectivity index (χ2v) is 4.44. The highest BCUT2D eigenvalue weighted by Gasteiger charge is 2.11. The molecule has 1 unspecified atom stereocenters. The Labute approximate surface area is 103 Å². The fraction of sp³-hybridized carbons (Fsp3) is 0.500. The summed E-state index contributed by atoms with van der Waals surface area (Å²) in [5.41, 5.74) is 2.07. The van der Waals surface area contributed by atoms with Gasteiger partial charge in [0.2, 0.25) is 0 Å². The second kappa shape index (κ2) is 7.17. The van der Waals surface area contributed by atoms with Gasteiger partial charge in [0.15, 0.2) is 0 Å². The first kappa shape index (κ1) is 13.8. The Morgan fingerprint density at radius 1 is 1.53 bits per heavy atom. The summed E-state index contributed by atoms with van der Waals surface area (Å²) < 4.78 is 13.1. The molecule has 0 bridgehead atoms. The van der Waals surface area contributed by atoms with Crippen molar-refractivity contribution in [3.8, 4) is 0 Å². The van der Waals surface area contributed by atoms with E-state index in [9.17, 15) is 4.39 Å². The summed E-state index contributed by atoms with van der Waals surface area (Å²) in [7, 11) is 0. The first-order valence-corrected chi connectivity index (χ1v) is 6.11. The SMILES string of the molecule is C=C(C)CCC(NCCC)c1cncc(F)c1. The highest BCUT2D eigenvalue weighted by atomic mass is 19.1. The van der Waals surface area contributed by atoms with Gasteiger partial charge in [-0.1, -0.05) is 12.5 Å². The van der Waals surface area contributed by atoms with Crippen molar-refractivity contribution in [2.45, 2.75) is 39.2 Å². The maximum Gasteiger partial charge on any atom is 0.141 e. The summed E-state index contributed by atoms with van der Waals surface area (Å²) in [4.78, 5) is 3.90. The molecule has 1 aromatic rings. The number of pyridine rings is 1. The van der Waals surface area contributed by atoms with E-state index in [2.05, 4.69) is 23.8 Å². The van der Waals surface area contributed by atoms with Gasteiger partial charge < -0.3 is 5.32 Å². The number of nitrogens with zero attached hydrogens (tertiary/aromatic N) is 1. The number of aromatic nitrogens is 1. The molecule has 3 heteroatoms. The van der Waals surface area contributed by atoms with Gasteiger partial charge in [-0.25, -0.2) is 4.39 Å². The summed E-state index contributed by atoms with van der Waals surface area (Å²) in [6.45, 7) is 8.96. The molecule has 0 radical (unpaired) electrons. The van der Waals surface area contributed by atoms with Crippen molar-refractivity contribution in [1.82, 2.24) is 10.3 Å². The van der Waals surface area contributed by atoms with Gasteiger partial charge in [0.1, 0.15) is 5.82 Å². The average molecular weight is 236 g/mol. The number of hydrogen-bond acceptors (Lipinski definition) is 2. The van der Waals surface area contributed by atoms with Crippen LogP contribution in [-0.2, 0) is 0 Å². The van der Waals surface area contributed by atoms with Crippen LogP contribution < -0.4 is 5.32 Å². The summed E-state index contributed by atoms with van der Waals surface area (Å²) in [5.74, 6) is -0.277. The molecule has 0 aliphatic carbocycles. The van der Waals surface area contributed by atoms with Crippen LogP contribution in [0.25, 0.3) is 0 Å². The summed E-state index contributed by atoms with van der Waals surface area (Å²) in [5, 5.41) is 3.42. The Morgan fingerprint density at radius 2 is 2.29 bits per heavy atom. The van der Waals surface area contributed by atoms with E-state index in [1.165, 1.54) is 6.20 Å². The molecule has 0 saturated carbocycles. The fourth-order valence-electron chi connectivity index (χ4n) is 1.71. The minimum absolute atomic E-state index is 0.162. The number of nitrogens with one attached hydrogen (secondary N) is 1. The summed E-state index contributed by atoms with van der Waals surface area (Å²) in [6, 6.07) is 1.72. The topological polar surface area (TPSA) is 24.9 Å². The molecule has 1 aromatic heterocycles. The van der Waals surface area contributed by atoms with Crippen molar-refractivity contribution in [1.29, 1.82) is 0 Å². The molecule has 0 saturated heterocycles. The van der Waals surface area contributed by atoms with Crippen molar-refractivity contribution < 1.29 is 4.39 Å². The monoisotopic (exact) mass is 236 g/mol. The molecule has 1 atom stereocenters. The zero-order chi connectivity index (χ0) is 12.7. The molecule has 0 aromatic carbocycles. The molecular weight excluding hydrogens is 215 g/mol. The zero-order valence-corrected chi connectivity index (χ0v) is 10.7. The minimum Gasteiger partial charge on any atom is -0.310 e. The molecule has 0 spiro atoms. The molecule has 1 N–H and O–H groups in total. The molecule has 1 heterocycles. The Hall–Kier alpha value is -1.22. The second-order valence-electron chi connectivity index (χ2n) is 4.44. The van der Waals surface area contributed by atoms with Gasteiger partial charge >= 0.3 is 0 Å². The summed E-state index contributed by atoms with van der Waals surface area (Å²) in [6.07, 6.45) is 5.90. The van der Waals surface area contributed by atoms with E-state index in [1.54, 1.807) is 12.3 Å². The number of halogens is 1. The molecule has 0 amide bonds. The van der Waals surface area contributed by atoms with Crippen LogP contribution in [0.1, 0.15) is 44.7 Å². The van der Waals surface area contributed by atoms with E-state index in [0.29, 0.717) is 0 Å². The van der Waals surface area contributed by atoms with Crippen molar-refractivity contribution in [2.24, 2.45) is 0 Å². The van der Waals surface area contributed by atoms with Crippen LogP contribution in [0.4, 0.5) is 4.39 Å². The molecule has 0 fully saturated rings. The van der Waals surface area contributed by atoms with Gasteiger partial charge in [0, 0.05) is 12.2 Å². The predicted octanol–water partition coefficient (Wildman–Crippen LogP) is 3.62. The lowest BCUT2D eigenvalue weighted by Gasteiger charge is -2.18. The van der Waals surface area contributed by atoms with Crippen molar-refractivity contribution in [3.63, 3.8) is 0 Å². The Bertz CT molecular complexity index is 363. The van der Waals surface area contributed by atoms with Crippen LogP contribution in [-0.4, -0.2) is 11.5 Å². The van der Waals surface area contributed by atoms with Crippen molar-refractivity contribution in [3.05, 3.63) is 42.0 Å². The van der Waals surface area contributed by atoms with Crippen LogP contribution in [0.2, 0.25) is 0 Å². The lowest BCUT2D eigenvalue weighted by Crippen LogP contribution is -2.22. The van der Waals surface area contributed by atoms with E-state index in [4.69, 9.17) is 0 Å². The maximum absolute atomic E-state index is 13.1. The van der Waals surface area contributed by atoms with Crippen molar-refractivity contribution in [2.75, 3.05) is 6.54 Å². The third-order valence-electron chi connectivity index (χ3n) is 2.63. The van der Waals surface area contributed by atoms with E-state index < -0.39 is 0 Å². The van der Waals surface area contributed by atoms with Gasteiger partial charge in [-0.15, -0.1) is 6.58 Å². The highest BCUT2D eigenvalue weighted by Crippen LogP contribution is 2.20. The van der Waals surface area contributed by atoms with Gasteiger partial charge in [-0.3, -0.25) is 4.98 Å². The maximum atomic E-state index is 13.1. The van der Waals surface area contributed by atoms with Crippen LogP contribution >= 0.6 is 0 Å². The lowest BCUT2D eigenvalue weighted by atomic mass is 10.0. The van der Waals surface area contributed by atoms with E-state index in [-0.39, 0.29) is 11.9 Å². The van der Waals surface area contributed by atoms with Gasteiger partial charge in [-0.2, -0.15) is 0 Å². The highest BCUT2D eigenvalue weighted by molar-refractivity contribution is 5.15. The smallest absolute Gasteiger partial charge is 0.141 e. The normalized spacial score (nSPS) is 12.4. The van der Waals surface area contributed by atoms with Crippen molar-refractivity contribution >= 4 is 0 Å². The van der Waals surface area contributed by atoms with E-state index >= 15 is 0 Å². The van der Waals surface area contributed by atoms with Gasteiger partial charge in [0.05, 0.1) is 6.20 Å². The first-order chi connectivity index (χ1) is 8.13. The van der Waals surface area contributed by atoms with Crippen LogP contribution in [0, 0.1) is 5.82 Å². The molecule has 2 nitrogen and oxygen atoms in total. The van der Waals surface area contributed by atoms with E-state index in [1.807, 2.05) is 6.92 Å². The molecule has 1 rings (SSSR count). The first-order valence-electron chi connectivity index (χ1n) is 6.11. The van der Waals surface area contributed by atoms with E-state index in [0.717, 1.165) is 36.9 Å². The number of hydrogen-bond donors (Lipinski definition) is 1. The third-order valence-corrected chi connectivity index (χ3v) is 2.63. The van der Waals surface area contributed by atoms with Gasteiger partial charge in [-0.05, 0) is 44.4 Å². The molecule has 17 heavy (non-hydrogen) atoms. The number of rotatable bonds is 7. The molecule has 0 aliphatic heterocycles. The average Bonchev–Trinajstić information content (AvgIpc) is 2.29. The van der Waals surface area contributed by atoms with Gasteiger partial charge in [0.25, 0.3) is 0 Å². The van der Waals surface area contributed by atoms with Crippen LogP contribution in [0.15, 0.2) is 30.6 Å².